The normalized spacial score (nSPS) is 13.8. The molecule has 1 aromatic rings. The van der Waals surface area contributed by atoms with Gasteiger partial charge in [0.05, 0.1) is 13.0 Å². The second kappa shape index (κ2) is 7.79. The van der Waals surface area contributed by atoms with Crippen LogP contribution in [0.2, 0.25) is 0 Å². The van der Waals surface area contributed by atoms with Crippen LogP contribution in [-0.4, -0.2) is 24.7 Å². The van der Waals surface area contributed by atoms with E-state index in [9.17, 15) is 4.79 Å². The van der Waals surface area contributed by atoms with Crippen molar-refractivity contribution in [3.8, 4) is 5.75 Å². The maximum absolute atomic E-state index is 11.0. The Morgan fingerprint density at radius 1 is 1.37 bits per heavy atom. The van der Waals surface area contributed by atoms with Gasteiger partial charge in [-0.05, 0) is 36.5 Å². The number of nitrogens with two attached hydrogens (primary N) is 1. The standard InChI is InChI=1S/C15H23NO3/c1-3-11(9-13(10-16)15(17)18)8-12-4-6-14(19-2)7-5-12/h4-7,11,13H,3,8-10,16H2,1-2H3,(H,17,18). The summed E-state index contributed by atoms with van der Waals surface area (Å²) in [6.07, 6.45) is 2.47. The summed E-state index contributed by atoms with van der Waals surface area (Å²) in [6.45, 7) is 2.29. The molecular weight excluding hydrogens is 242 g/mol. The van der Waals surface area contributed by atoms with Gasteiger partial charge in [0.1, 0.15) is 5.75 Å². The van der Waals surface area contributed by atoms with Crippen molar-refractivity contribution in [2.45, 2.75) is 26.2 Å². The quantitative estimate of drug-likeness (QED) is 0.756. The molecule has 0 saturated heterocycles. The van der Waals surface area contributed by atoms with Crippen LogP contribution in [0.3, 0.4) is 0 Å². The smallest absolute Gasteiger partial charge is 0.307 e. The van der Waals surface area contributed by atoms with Gasteiger partial charge >= 0.3 is 5.97 Å². The molecule has 3 N–H and O–H groups in total. The van der Waals surface area contributed by atoms with Crippen LogP contribution in [0.25, 0.3) is 0 Å². The van der Waals surface area contributed by atoms with Gasteiger partial charge in [-0.15, -0.1) is 0 Å². The van der Waals surface area contributed by atoms with Crippen LogP contribution >= 0.6 is 0 Å². The predicted octanol–water partition coefficient (Wildman–Crippen LogP) is 2.31. The van der Waals surface area contributed by atoms with Crippen molar-refractivity contribution >= 4 is 5.97 Å². The molecule has 1 rings (SSSR count). The number of carboxylic acids is 1. The van der Waals surface area contributed by atoms with E-state index in [1.165, 1.54) is 5.56 Å². The number of benzene rings is 1. The van der Waals surface area contributed by atoms with Gasteiger partial charge in [-0.1, -0.05) is 25.5 Å². The fourth-order valence-electron chi connectivity index (χ4n) is 2.19. The molecule has 0 aromatic heterocycles. The molecule has 0 bridgehead atoms. The highest BCUT2D eigenvalue weighted by Crippen LogP contribution is 2.22. The van der Waals surface area contributed by atoms with Crippen LogP contribution in [0, 0.1) is 11.8 Å². The number of hydrogen-bond donors (Lipinski definition) is 2. The summed E-state index contributed by atoms with van der Waals surface area (Å²) in [7, 11) is 1.64. The number of methoxy groups -OCH3 is 1. The van der Waals surface area contributed by atoms with E-state index < -0.39 is 11.9 Å². The molecule has 0 aliphatic carbocycles. The molecule has 2 atom stereocenters. The summed E-state index contributed by atoms with van der Waals surface area (Å²) in [6, 6.07) is 7.92. The highest BCUT2D eigenvalue weighted by molar-refractivity contribution is 5.70. The van der Waals surface area contributed by atoms with Gasteiger partial charge in [-0.25, -0.2) is 0 Å². The van der Waals surface area contributed by atoms with Gasteiger partial charge in [0.15, 0.2) is 0 Å². The first-order chi connectivity index (χ1) is 9.10. The van der Waals surface area contributed by atoms with Crippen LogP contribution in [0.1, 0.15) is 25.3 Å². The van der Waals surface area contributed by atoms with Crippen molar-refractivity contribution in [3.05, 3.63) is 29.8 Å². The van der Waals surface area contributed by atoms with Crippen LogP contribution in [0.15, 0.2) is 24.3 Å². The number of carbonyl (C=O) groups is 1. The summed E-state index contributed by atoms with van der Waals surface area (Å²) in [5, 5.41) is 9.06. The third-order valence-corrected chi connectivity index (χ3v) is 3.51. The van der Waals surface area contributed by atoms with E-state index in [-0.39, 0.29) is 6.54 Å². The molecule has 0 heterocycles. The van der Waals surface area contributed by atoms with Crippen molar-refractivity contribution in [1.82, 2.24) is 0 Å². The Bertz CT molecular complexity index is 389. The maximum atomic E-state index is 11.0. The molecule has 4 heteroatoms. The zero-order valence-electron chi connectivity index (χ0n) is 11.6. The summed E-state index contributed by atoms with van der Waals surface area (Å²) in [4.78, 5) is 11.0. The first-order valence-electron chi connectivity index (χ1n) is 6.66. The fourth-order valence-corrected chi connectivity index (χ4v) is 2.19. The average Bonchev–Trinajstić information content (AvgIpc) is 2.43. The zero-order valence-corrected chi connectivity index (χ0v) is 11.6. The number of hydrogen-bond acceptors (Lipinski definition) is 3. The van der Waals surface area contributed by atoms with Crippen molar-refractivity contribution < 1.29 is 14.6 Å². The average molecular weight is 265 g/mol. The molecule has 0 fully saturated rings. The summed E-state index contributed by atoms with van der Waals surface area (Å²) >= 11 is 0. The lowest BCUT2D eigenvalue weighted by molar-refractivity contribution is -0.142. The van der Waals surface area contributed by atoms with Gasteiger partial charge < -0.3 is 15.6 Å². The summed E-state index contributed by atoms with van der Waals surface area (Å²) in [5.41, 5.74) is 6.71. The van der Waals surface area contributed by atoms with Gasteiger partial charge in [-0.3, -0.25) is 4.79 Å². The Balaban J connectivity index is 2.62. The molecule has 0 spiro atoms. The van der Waals surface area contributed by atoms with Crippen molar-refractivity contribution in [2.24, 2.45) is 17.6 Å². The van der Waals surface area contributed by atoms with E-state index in [0.717, 1.165) is 18.6 Å². The van der Waals surface area contributed by atoms with Crippen LogP contribution in [-0.2, 0) is 11.2 Å². The maximum Gasteiger partial charge on any atom is 0.307 e. The van der Waals surface area contributed by atoms with E-state index in [1.54, 1.807) is 7.11 Å². The molecular formula is C15H23NO3. The summed E-state index contributed by atoms with van der Waals surface area (Å²) < 4.78 is 5.12. The monoisotopic (exact) mass is 265 g/mol. The minimum Gasteiger partial charge on any atom is -0.497 e. The van der Waals surface area contributed by atoms with Crippen molar-refractivity contribution in [2.75, 3.05) is 13.7 Å². The molecule has 0 saturated carbocycles. The molecule has 1 aromatic carbocycles. The number of aliphatic carboxylic acids is 1. The Morgan fingerprint density at radius 2 is 2.00 bits per heavy atom. The molecule has 19 heavy (non-hydrogen) atoms. The first-order valence-corrected chi connectivity index (χ1v) is 6.66. The van der Waals surface area contributed by atoms with Crippen molar-refractivity contribution in [1.29, 1.82) is 0 Å². The third-order valence-electron chi connectivity index (χ3n) is 3.51. The SMILES string of the molecule is CCC(Cc1ccc(OC)cc1)CC(CN)C(=O)O. The highest BCUT2D eigenvalue weighted by Gasteiger charge is 2.20. The van der Waals surface area contributed by atoms with Gasteiger partial charge in [0.2, 0.25) is 0 Å². The second-order valence-electron chi connectivity index (χ2n) is 4.83. The van der Waals surface area contributed by atoms with E-state index >= 15 is 0 Å². The first kappa shape index (κ1) is 15.5. The van der Waals surface area contributed by atoms with E-state index in [0.29, 0.717) is 12.3 Å². The zero-order chi connectivity index (χ0) is 14.3. The minimum absolute atomic E-state index is 0.203. The number of rotatable bonds is 8. The molecule has 0 aliphatic rings. The van der Waals surface area contributed by atoms with Gasteiger partial charge in [0.25, 0.3) is 0 Å². The lowest BCUT2D eigenvalue weighted by Crippen LogP contribution is -2.26. The largest absolute Gasteiger partial charge is 0.497 e. The van der Waals surface area contributed by atoms with E-state index in [4.69, 9.17) is 15.6 Å². The topological polar surface area (TPSA) is 72.5 Å². The Kier molecular flexibility index (Phi) is 6.36. The molecule has 106 valence electrons. The van der Waals surface area contributed by atoms with E-state index in [2.05, 4.69) is 6.92 Å². The van der Waals surface area contributed by atoms with Crippen LogP contribution in [0.5, 0.6) is 5.75 Å². The second-order valence-corrected chi connectivity index (χ2v) is 4.83. The van der Waals surface area contributed by atoms with Crippen molar-refractivity contribution in [3.63, 3.8) is 0 Å². The highest BCUT2D eigenvalue weighted by atomic mass is 16.5. The number of ether oxygens (including phenoxy) is 1. The van der Waals surface area contributed by atoms with E-state index in [1.807, 2.05) is 24.3 Å². The lowest BCUT2D eigenvalue weighted by Gasteiger charge is -2.19. The third kappa shape index (κ3) is 4.91. The Morgan fingerprint density at radius 3 is 2.42 bits per heavy atom. The number of carboxylic acid groups (broad SMARTS) is 1. The molecule has 0 amide bonds. The van der Waals surface area contributed by atoms with Crippen LogP contribution in [0.4, 0.5) is 0 Å². The van der Waals surface area contributed by atoms with Gasteiger partial charge in [-0.2, -0.15) is 0 Å². The predicted molar refractivity (Wildman–Crippen MR) is 75.3 cm³/mol. The Hall–Kier alpha value is -1.55. The minimum atomic E-state index is -0.796. The molecule has 0 aliphatic heterocycles. The van der Waals surface area contributed by atoms with Gasteiger partial charge in [0, 0.05) is 6.54 Å². The Labute approximate surface area is 114 Å². The molecule has 2 unspecified atom stereocenters. The fraction of sp³-hybridized carbons (Fsp3) is 0.533. The summed E-state index contributed by atoms with van der Waals surface area (Å²) in [5.74, 6) is -0.0564. The molecule has 0 radical (unpaired) electrons. The van der Waals surface area contributed by atoms with Crippen LogP contribution < -0.4 is 10.5 Å². The lowest BCUT2D eigenvalue weighted by atomic mass is 9.87. The molecule has 4 nitrogen and oxygen atoms in total.